The molecule has 2 heteroatoms. The molecule has 1 saturated carbocycles. The van der Waals surface area contributed by atoms with Crippen molar-refractivity contribution < 1.29 is 0 Å². The van der Waals surface area contributed by atoms with Gasteiger partial charge in [-0.15, -0.1) is 0 Å². The van der Waals surface area contributed by atoms with E-state index in [2.05, 4.69) is 24.1 Å². The van der Waals surface area contributed by atoms with E-state index in [0.717, 1.165) is 17.9 Å². The normalized spacial score (nSPS) is 33.2. The predicted octanol–water partition coefficient (Wildman–Crippen LogP) is 2.11. The van der Waals surface area contributed by atoms with Crippen molar-refractivity contribution in [2.75, 3.05) is 26.2 Å². The number of nitrogens with zero attached hydrogens (tertiary/aromatic N) is 1. The van der Waals surface area contributed by atoms with Crippen molar-refractivity contribution in [2.24, 2.45) is 11.8 Å². The third-order valence-corrected chi connectivity index (χ3v) is 4.21. The van der Waals surface area contributed by atoms with E-state index in [0.29, 0.717) is 0 Å². The van der Waals surface area contributed by atoms with Crippen LogP contribution in [0.25, 0.3) is 0 Å². The van der Waals surface area contributed by atoms with E-state index >= 15 is 0 Å². The molecule has 2 nitrogen and oxygen atoms in total. The Bertz CT molecular complexity index is 189. The lowest BCUT2D eigenvalue weighted by molar-refractivity contribution is 0.115. The van der Waals surface area contributed by atoms with Crippen LogP contribution in [0.5, 0.6) is 0 Å². The summed E-state index contributed by atoms with van der Waals surface area (Å²) in [5.41, 5.74) is 0. The fraction of sp³-hybridized carbons (Fsp3) is 1.00. The first-order chi connectivity index (χ1) is 7.27. The van der Waals surface area contributed by atoms with E-state index < -0.39 is 0 Å². The third kappa shape index (κ3) is 3.46. The molecule has 0 aromatic carbocycles. The second-order valence-electron chi connectivity index (χ2n) is 5.54. The first kappa shape index (κ1) is 11.4. The van der Waals surface area contributed by atoms with E-state index in [-0.39, 0.29) is 0 Å². The molecule has 0 aromatic rings. The van der Waals surface area contributed by atoms with Crippen LogP contribution < -0.4 is 5.32 Å². The summed E-state index contributed by atoms with van der Waals surface area (Å²) in [7, 11) is 0. The molecular weight excluding hydrogens is 184 g/mol. The molecule has 2 atom stereocenters. The summed E-state index contributed by atoms with van der Waals surface area (Å²) in [6.07, 6.45) is 5.75. The van der Waals surface area contributed by atoms with E-state index in [1.807, 2.05) is 0 Å². The zero-order valence-electron chi connectivity index (χ0n) is 10.3. The van der Waals surface area contributed by atoms with Gasteiger partial charge >= 0.3 is 0 Å². The Morgan fingerprint density at radius 3 is 2.73 bits per heavy atom. The molecule has 2 unspecified atom stereocenters. The standard InChI is InChI=1S/C13H26N2/c1-11-4-3-8-15(12(11)2)9-7-14-10-13-5-6-13/h11-14H,3-10H2,1-2H3. The number of hydrogen-bond donors (Lipinski definition) is 1. The molecule has 0 spiro atoms. The average Bonchev–Trinajstić information content (AvgIpc) is 3.02. The van der Waals surface area contributed by atoms with Crippen LogP contribution in [-0.2, 0) is 0 Å². The fourth-order valence-corrected chi connectivity index (χ4v) is 2.59. The first-order valence-electron chi connectivity index (χ1n) is 6.72. The van der Waals surface area contributed by atoms with Crippen molar-refractivity contribution >= 4 is 0 Å². The number of hydrogen-bond acceptors (Lipinski definition) is 2. The van der Waals surface area contributed by atoms with E-state index in [1.54, 1.807) is 0 Å². The molecule has 2 fully saturated rings. The molecule has 1 N–H and O–H groups in total. The molecule has 0 radical (unpaired) electrons. The molecule has 1 aliphatic carbocycles. The summed E-state index contributed by atoms with van der Waals surface area (Å²) in [6.45, 7) is 9.80. The molecule has 15 heavy (non-hydrogen) atoms. The molecule has 0 bridgehead atoms. The molecule has 2 aliphatic rings. The Morgan fingerprint density at radius 1 is 1.20 bits per heavy atom. The third-order valence-electron chi connectivity index (χ3n) is 4.21. The highest BCUT2D eigenvalue weighted by atomic mass is 15.2. The lowest BCUT2D eigenvalue weighted by Gasteiger charge is -2.37. The minimum Gasteiger partial charge on any atom is -0.315 e. The topological polar surface area (TPSA) is 15.3 Å². The minimum absolute atomic E-state index is 0.793. The first-order valence-corrected chi connectivity index (χ1v) is 6.72. The molecule has 1 heterocycles. The van der Waals surface area contributed by atoms with Gasteiger partial charge in [0.15, 0.2) is 0 Å². The van der Waals surface area contributed by atoms with E-state index in [1.165, 1.54) is 51.9 Å². The maximum atomic E-state index is 3.59. The summed E-state index contributed by atoms with van der Waals surface area (Å²) in [4.78, 5) is 2.66. The highest BCUT2D eigenvalue weighted by molar-refractivity contribution is 4.80. The second kappa shape index (κ2) is 5.31. The van der Waals surface area contributed by atoms with E-state index in [4.69, 9.17) is 0 Å². The number of nitrogens with one attached hydrogen (secondary N) is 1. The average molecular weight is 210 g/mol. The molecular formula is C13H26N2. The Labute approximate surface area is 94.4 Å². The van der Waals surface area contributed by atoms with Crippen LogP contribution in [0, 0.1) is 11.8 Å². The maximum absolute atomic E-state index is 3.59. The Morgan fingerprint density at radius 2 is 2.00 bits per heavy atom. The second-order valence-corrected chi connectivity index (χ2v) is 5.54. The maximum Gasteiger partial charge on any atom is 0.0110 e. The lowest BCUT2D eigenvalue weighted by Crippen LogP contribution is -2.45. The molecule has 1 saturated heterocycles. The van der Waals surface area contributed by atoms with Gasteiger partial charge in [0.05, 0.1) is 0 Å². The van der Waals surface area contributed by atoms with Gasteiger partial charge in [0, 0.05) is 19.1 Å². The van der Waals surface area contributed by atoms with Crippen LogP contribution >= 0.6 is 0 Å². The highest BCUT2D eigenvalue weighted by Crippen LogP contribution is 2.27. The van der Waals surface area contributed by atoms with Gasteiger partial charge in [-0.2, -0.15) is 0 Å². The van der Waals surface area contributed by atoms with Crippen molar-refractivity contribution in [1.82, 2.24) is 10.2 Å². The fourth-order valence-electron chi connectivity index (χ4n) is 2.59. The largest absolute Gasteiger partial charge is 0.315 e. The van der Waals surface area contributed by atoms with Gasteiger partial charge < -0.3 is 5.32 Å². The number of likely N-dealkylation sites (tertiary alicyclic amines) is 1. The SMILES string of the molecule is CC1CCCN(CCNCC2CC2)C1C. The van der Waals surface area contributed by atoms with Crippen LogP contribution in [0.2, 0.25) is 0 Å². The van der Waals surface area contributed by atoms with Gasteiger partial charge in [-0.3, -0.25) is 4.90 Å². The number of rotatable bonds is 5. The summed E-state index contributed by atoms with van der Waals surface area (Å²) in [6, 6.07) is 0.793. The van der Waals surface area contributed by atoms with Crippen molar-refractivity contribution in [1.29, 1.82) is 0 Å². The molecule has 1 aliphatic heterocycles. The zero-order chi connectivity index (χ0) is 10.7. The molecule has 88 valence electrons. The zero-order valence-corrected chi connectivity index (χ0v) is 10.3. The van der Waals surface area contributed by atoms with Crippen molar-refractivity contribution in [2.45, 2.75) is 45.6 Å². The quantitative estimate of drug-likeness (QED) is 0.699. The summed E-state index contributed by atoms with van der Waals surface area (Å²) < 4.78 is 0. The van der Waals surface area contributed by atoms with Crippen LogP contribution in [0.1, 0.15) is 39.5 Å². The molecule has 2 rings (SSSR count). The van der Waals surface area contributed by atoms with Crippen molar-refractivity contribution in [3.05, 3.63) is 0 Å². The summed E-state index contributed by atoms with van der Waals surface area (Å²) in [5.74, 6) is 1.91. The number of piperidine rings is 1. The molecule has 0 amide bonds. The predicted molar refractivity (Wildman–Crippen MR) is 65.0 cm³/mol. The monoisotopic (exact) mass is 210 g/mol. The molecule has 0 aromatic heterocycles. The highest BCUT2D eigenvalue weighted by Gasteiger charge is 2.24. The van der Waals surface area contributed by atoms with Crippen LogP contribution in [-0.4, -0.2) is 37.1 Å². The van der Waals surface area contributed by atoms with Gasteiger partial charge in [-0.25, -0.2) is 0 Å². The lowest BCUT2D eigenvalue weighted by atomic mass is 9.92. The van der Waals surface area contributed by atoms with Gasteiger partial charge in [0.1, 0.15) is 0 Å². The van der Waals surface area contributed by atoms with Gasteiger partial charge in [-0.05, 0) is 57.5 Å². The van der Waals surface area contributed by atoms with Gasteiger partial charge in [0.2, 0.25) is 0 Å². The Kier molecular flexibility index (Phi) is 4.04. The smallest absolute Gasteiger partial charge is 0.0110 e. The summed E-state index contributed by atoms with van der Waals surface area (Å²) in [5, 5.41) is 3.59. The Hall–Kier alpha value is -0.0800. The minimum atomic E-state index is 0.793. The van der Waals surface area contributed by atoms with Crippen LogP contribution in [0.15, 0.2) is 0 Å². The Balaban J connectivity index is 1.59. The van der Waals surface area contributed by atoms with E-state index in [9.17, 15) is 0 Å². The van der Waals surface area contributed by atoms with Gasteiger partial charge in [-0.1, -0.05) is 6.92 Å². The van der Waals surface area contributed by atoms with Crippen molar-refractivity contribution in [3.63, 3.8) is 0 Å². The van der Waals surface area contributed by atoms with Gasteiger partial charge in [0.25, 0.3) is 0 Å². The van der Waals surface area contributed by atoms with Crippen LogP contribution in [0.3, 0.4) is 0 Å². The van der Waals surface area contributed by atoms with Crippen molar-refractivity contribution in [3.8, 4) is 0 Å². The van der Waals surface area contributed by atoms with Crippen LogP contribution in [0.4, 0.5) is 0 Å². The summed E-state index contributed by atoms with van der Waals surface area (Å²) >= 11 is 0.